The van der Waals surface area contributed by atoms with Crippen LogP contribution in [0.15, 0.2) is 60.7 Å². The molecule has 0 spiro atoms. The lowest BCUT2D eigenvalue weighted by Gasteiger charge is -2.28. The van der Waals surface area contributed by atoms with Gasteiger partial charge in [-0.3, -0.25) is 0 Å². The molecule has 2 aromatic carbocycles. The Morgan fingerprint density at radius 2 is 0.929 bits per heavy atom. The largest absolute Gasteiger partial charge is 0.500 e. The van der Waals surface area contributed by atoms with Gasteiger partial charge in [-0.25, -0.2) is 0 Å². The summed E-state index contributed by atoms with van der Waals surface area (Å²) in [5.74, 6) is 1.74. The van der Waals surface area contributed by atoms with Gasteiger partial charge in [0.2, 0.25) is 0 Å². The van der Waals surface area contributed by atoms with E-state index in [1.807, 2.05) is 60.7 Å². The summed E-state index contributed by atoms with van der Waals surface area (Å²) in [7, 11) is -2.33. The first-order chi connectivity index (χ1) is 13.7. The monoisotopic (exact) mass is 404 g/mol. The topological polar surface area (TPSA) is 36.9 Å². The fourth-order valence-corrected chi connectivity index (χ4v) is 4.72. The van der Waals surface area contributed by atoms with E-state index in [1.54, 1.807) is 0 Å². The molecule has 0 amide bonds. The van der Waals surface area contributed by atoms with Gasteiger partial charge in [0, 0.05) is 25.9 Å². The summed E-state index contributed by atoms with van der Waals surface area (Å²) >= 11 is 0. The predicted octanol–water partition coefficient (Wildman–Crippen LogP) is 6.70. The summed E-state index contributed by atoms with van der Waals surface area (Å²) in [4.78, 5) is 0. The summed E-state index contributed by atoms with van der Waals surface area (Å²) < 4.78 is 23.1. The Hall–Kier alpha value is -1.66. The zero-order chi connectivity index (χ0) is 20.5. The van der Waals surface area contributed by atoms with Crippen LogP contribution in [0.25, 0.3) is 0 Å². The molecule has 0 heterocycles. The molecule has 2 aromatic rings. The molecule has 0 aliphatic rings. The number of para-hydroxylation sites is 2. The van der Waals surface area contributed by atoms with Crippen molar-refractivity contribution in [1.29, 1.82) is 0 Å². The first kappa shape index (κ1) is 24.4. The quantitative estimate of drug-likeness (QED) is 0.369. The summed E-state index contributed by atoms with van der Waals surface area (Å²) in [6.07, 6.45) is 3.04. The molecular formula is C23H36O4Si. The van der Waals surface area contributed by atoms with E-state index in [0.29, 0.717) is 0 Å². The molecule has 0 aliphatic carbocycles. The zero-order valence-electron chi connectivity index (χ0n) is 17.9. The van der Waals surface area contributed by atoms with E-state index < -0.39 is 8.80 Å². The van der Waals surface area contributed by atoms with Crippen LogP contribution in [0.3, 0.4) is 0 Å². The van der Waals surface area contributed by atoms with Crippen LogP contribution in [0.2, 0.25) is 6.04 Å². The van der Waals surface area contributed by atoms with E-state index in [1.165, 1.54) is 0 Å². The third kappa shape index (κ3) is 10.0. The number of benzene rings is 2. The van der Waals surface area contributed by atoms with Gasteiger partial charge in [0.15, 0.2) is 0 Å². The Kier molecular flexibility index (Phi) is 13.3. The van der Waals surface area contributed by atoms with Crippen LogP contribution in [0.4, 0.5) is 0 Å². The average Bonchev–Trinajstić information content (AvgIpc) is 2.75. The van der Waals surface area contributed by atoms with Crippen molar-refractivity contribution >= 4 is 8.80 Å². The summed E-state index contributed by atoms with van der Waals surface area (Å²) in [6, 6.07) is 20.4. The van der Waals surface area contributed by atoms with Crippen molar-refractivity contribution in [2.75, 3.05) is 19.8 Å². The van der Waals surface area contributed by atoms with Gasteiger partial charge in [0.05, 0.1) is 0 Å². The average molecular weight is 405 g/mol. The second kappa shape index (κ2) is 15.3. The molecular weight excluding hydrogens is 368 g/mol. The Bertz CT molecular complexity index is 533. The molecule has 0 bridgehead atoms. The van der Waals surface area contributed by atoms with Gasteiger partial charge in [-0.2, -0.15) is 0 Å². The highest BCUT2D eigenvalue weighted by Gasteiger charge is 2.38. The normalized spacial score (nSPS) is 10.9. The smallest absolute Gasteiger partial charge is 0.457 e. The molecule has 4 nitrogen and oxygen atoms in total. The SMILES string of the molecule is CCCO[Si](CC)(OCCC)OCCC.c1ccc(Oc2ccccc2)cc1. The third-order valence-electron chi connectivity index (χ3n) is 3.73. The van der Waals surface area contributed by atoms with E-state index in [0.717, 1.165) is 56.6 Å². The summed E-state index contributed by atoms with van der Waals surface area (Å²) in [5.41, 5.74) is 0. The molecule has 0 N–H and O–H groups in total. The molecule has 0 saturated heterocycles. The highest BCUT2D eigenvalue weighted by molar-refractivity contribution is 6.60. The standard InChI is InChI=1S/C12H10O.C11H26O3Si/c1-3-7-11(8-4-1)13-12-9-5-2-6-10-12;1-5-9-12-15(8-4,13-10-6-2)14-11-7-3/h1-10H;5-11H2,1-4H3. The van der Waals surface area contributed by atoms with Crippen LogP contribution in [0.5, 0.6) is 11.5 Å². The molecule has 28 heavy (non-hydrogen) atoms. The molecule has 0 radical (unpaired) electrons. The molecule has 0 atom stereocenters. The van der Waals surface area contributed by atoms with E-state index >= 15 is 0 Å². The summed E-state index contributed by atoms with van der Waals surface area (Å²) in [5, 5.41) is 0. The van der Waals surface area contributed by atoms with Gasteiger partial charge < -0.3 is 18.0 Å². The van der Waals surface area contributed by atoms with Gasteiger partial charge in [-0.05, 0) is 43.5 Å². The molecule has 0 aromatic heterocycles. The van der Waals surface area contributed by atoms with Crippen molar-refractivity contribution < 1.29 is 18.0 Å². The minimum absolute atomic E-state index is 0.744. The maximum Gasteiger partial charge on any atom is 0.500 e. The van der Waals surface area contributed by atoms with Gasteiger partial charge in [0.1, 0.15) is 11.5 Å². The molecule has 156 valence electrons. The summed E-state index contributed by atoms with van der Waals surface area (Å²) in [6.45, 7) is 10.6. The number of hydrogen-bond acceptors (Lipinski definition) is 4. The molecule has 0 unspecified atom stereocenters. The Morgan fingerprint density at radius 3 is 1.21 bits per heavy atom. The second-order valence-corrected chi connectivity index (χ2v) is 9.25. The van der Waals surface area contributed by atoms with Crippen LogP contribution < -0.4 is 4.74 Å². The van der Waals surface area contributed by atoms with Crippen LogP contribution in [-0.2, 0) is 13.3 Å². The fourth-order valence-electron chi connectivity index (χ4n) is 2.32. The predicted molar refractivity (Wildman–Crippen MR) is 118 cm³/mol. The van der Waals surface area contributed by atoms with Crippen molar-refractivity contribution in [3.8, 4) is 11.5 Å². The zero-order valence-corrected chi connectivity index (χ0v) is 18.9. The third-order valence-corrected chi connectivity index (χ3v) is 6.53. The van der Waals surface area contributed by atoms with Crippen molar-refractivity contribution in [1.82, 2.24) is 0 Å². The van der Waals surface area contributed by atoms with Crippen molar-refractivity contribution in [3.05, 3.63) is 60.7 Å². The molecule has 0 saturated carbocycles. The molecule has 0 aliphatic heterocycles. The first-order valence-electron chi connectivity index (χ1n) is 10.4. The van der Waals surface area contributed by atoms with Gasteiger partial charge in [0.25, 0.3) is 0 Å². The Balaban J connectivity index is 0.000000281. The van der Waals surface area contributed by atoms with Gasteiger partial charge >= 0.3 is 8.80 Å². The van der Waals surface area contributed by atoms with E-state index in [-0.39, 0.29) is 0 Å². The molecule has 2 rings (SSSR count). The molecule has 5 heteroatoms. The number of rotatable bonds is 12. The van der Waals surface area contributed by atoms with Gasteiger partial charge in [-0.1, -0.05) is 64.1 Å². The lowest BCUT2D eigenvalue weighted by Crippen LogP contribution is -2.45. The van der Waals surface area contributed by atoms with E-state index in [9.17, 15) is 0 Å². The Labute approximate surface area is 172 Å². The minimum atomic E-state index is -2.33. The van der Waals surface area contributed by atoms with Crippen molar-refractivity contribution in [3.63, 3.8) is 0 Å². The first-order valence-corrected chi connectivity index (χ1v) is 12.3. The maximum atomic E-state index is 5.83. The van der Waals surface area contributed by atoms with Crippen molar-refractivity contribution in [2.24, 2.45) is 0 Å². The number of ether oxygens (including phenoxy) is 1. The van der Waals surface area contributed by atoms with Crippen molar-refractivity contribution in [2.45, 2.75) is 53.0 Å². The van der Waals surface area contributed by atoms with Crippen LogP contribution in [0, 0.1) is 0 Å². The fraction of sp³-hybridized carbons (Fsp3) is 0.478. The maximum absolute atomic E-state index is 5.83. The minimum Gasteiger partial charge on any atom is -0.457 e. The van der Waals surface area contributed by atoms with Gasteiger partial charge in [-0.15, -0.1) is 0 Å². The Morgan fingerprint density at radius 1 is 0.571 bits per heavy atom. The lowest BCUT2D eigenvalue weighted by molar-refractivity contribution is 0.0604. The van der Waals surface area contributed by atoms with Crippen LogP contribution in [0.1, 0.15) is 47.0 Å². The highest BCUT2D eigenvalue weighted by Crippen LogP contribution is 2.19. The van der Waals surface area contributed by atoms with Crippen LogP contribution >= 0.6 is 0 Å². The highest BCUT2D eigenvalue weighted by atomic mass is 28.4. The lowest BCUT2D eigenvalue weighted by atomic mass is 10.3. The van der Waals surface area contributed by atoms with E-state index in [4.69, 9.17) is 18.0 Å². The van der Waals surface area contributed by atoms with Crippen LogP contribution in [-0.4, -0.2) is 28.6 Å². The second-order valence-electron chi connectivity index (χ2n) is 6.31. The van der Waals surface area contributed by atoms with E-state index in [2.05, 4.69) is 27.7 Å². The number of hydrogen-bond donors (Lipinski definition) is 0. The molecule has 0 fully saturated rings.